The number of hydrogen-bond acceptors (Lipinski definition) is 3. The Morgan fingerprint density at radius 1 is 1.36 bits per heavy atom. The van der Waals surface area contributed by atoms with Crippen LogP contribution < -0.4 is 5.32 Å². The molecule has 0 amide bonds. The first-order chi connectivity index (χ1) is 5.33. The summed E-state index contributed by atoms with van der Waals surface area (Å²) in [6, 6.07) is 0. The van der Waals surface area contributed by atoms with Crippen molar-refractivity contribution in [1.29, 1.82) is 0 Å². The summed E-state index contributed by atoms with van der Waals surface area (Å²) < 4.78 is 5.01. The molecule has 11 heavy (non-hydrogen) atoms. The van der Waals surface area contributed by atoms with Gasteiger partial charge in [-0.3, -0.25) is 10.1 Å². The van der Waals surface area contributed by atoms with Crippen molar-refractivity contribution in [2.45, 2.75) is 31.2 Å². The summed E-state index contributed by atoms with van der Waals surface area (Å²) in [5, 5.41) is 3.27. The Kier molecular flexibility index (Phi) is 1.60. The van der Waals surface area contributed by atoms with E-state index < -0.39 is 0 Å². The number of carbonyl (C=O) groups excluding carboxylic acids is 1. The van der Waals surface area contributed by atoms with Gasteiger partial charge in [0.15, 0.2) is 0 Å². The lowest BCUT2D eigenvalue weighted by Crippen LogP contribution is -2.55. The molecule has 0 aromatic heterocycles. The van der Waals surface area contributed by atoms with E-state index in [1.54, 1.807) is 0 Å². The molecule has 2 fully saturated rings. The maximum atomic E-state index is 11.3. The fourth-order valence-corrected chi connectivity index (χ4v) is 2.00. The van der Waals surface area contributed by atoms with E-state index in [-0.39, 0.29) is 11.5 Å². The second-order valence-corrected chi connectivity index (χ2v) is 3.35. The maximum Gasteiger partial charge on any atom is 0.326 e. The van der Waals surface area contributed by atoms with Crippen LogP contribution in [0.1, 0.15) is 25.7 Å². The topological polar surface area (TPSA) is 38.3 Å². The molecule has 62 valence electrons. The van der Waals surface area contributed by atoms with E-state index in [1.165, 1.54) is 0 Å². The molecule has 0 atom stereocenters. The zero-order valence-electron chi connectivity index (χ0n) is 6.56. The molecule has 1 heterocycles. The monoisotopic (exact) mass is 155 g/mol. The van der Waals surface area contributed by atoms with Gasteiger partial charge in [0.05, 0.1) is 0 Å². The lowest BCUT2D eigenvalue weighted by molar-refractivity contribution is -0.155. The van der Waals surface area contributed by atoms with Gasteiger partial charge in [0.1, 0.15) is 12.1 Å². The third-order valence-corrected chi connectivity index (χ3v) is 2.65. The smallest absolute Gasteiger partial charge is 0.326 e. The molecule has 0 aromatic carbocycles. The molecule has 2 aliphatic rings. The van der Waals surface area contributed by atoms with Crippen molar-refractivity contribution in [2.24, 2.45) is 0 Å². The Labute approximate surface area is 66.1 Å². The summed E-state index contributed by atoms with van der Waals surface area (Å²) in [4.78, 5) is 11.3. The van der Waals surface area contributed by atoms with Crippen LogP contribution in [0.3, 0.4) is 0 Å². The first kappa shape index (κ1) is 7.10. The van der Waals surface area contributed by atoms with Crippen molar-refractivity contribution >= 4 is 5.97 Å². The van der Waals surface area contributed by atoms with Crippen molar-refractivity contribution in [1.82, 2.24) is 5.32 Å². The van der Waals surface area contributed by atoms with Gasteiger partial charge >= 0.3 is 5.97 Å². The van der Waals surface area contributed by atoms with Crippen molar-refractivity contribution < 1.29 is 9.53 Å². The summed E-state index contributed by atoms with van der Waals surface area (Å²) in [5.74, 6) is -0.0266. The zero-order valence-corrected chi connectivity index (χ0v) is 6.56. The predicted molar refractivity (Wildman–Crippen MR) is 40.2 cm³/mol. The summed E-state index contributed by atoms with van der Waals surface area (Å²) >= 11 is 0. The molecule has 0 unspecified atom stereocenters. The first-order valence-corrected chi connectivity index (χ1v) is 4.26. The molecule has 2 rings (SSSR count). The molecular formula is C8H13NO2. The standard InChI is InChI=1S/C8H13NO2/c10-7-8(3-1-2-4-8)9-5-6-11-7/h9H,1-6H2. The van der Waals surface area contributed by atoms with Crippen molar-refractivity contribution in [2.75, 3.05) is 13.2 Å². The largest absolute Gasteiger partial charge is 0.463 e. The zero-order chi connectivity index (χ0) is 7.73. The molecule has 1 spiro atoms. The SMILES string of the molecule is O=C1OCCNC12CCCC2. The predicted octanol–water partition coefficient (Wildman–Crippen LogP) is 0.446. The van der Waals surface area contributed by atoms with Crippen LogP contribution in [0.2, 0.25) is 0 Å². The molecule has 3 nitrogen and oxygen atoms in total. The quantitative estimate of drug-likeness (QED) is 0.516. The number of esters is 1. The van der Waals surface area contributed by atoms with Gasteiger partial charge in [-0.2, -0.15) is 0 Å². The second kappa shape index (κ2) is 2.48. The minimum Gasteiger partial charge on any atom is -0.463 e. The summed E-state index contributed by atoms with van der Waals surface area (Å²) in [7, 11) is 0. The normalized spacial score (nSPS) is 28.9. The highest BCUT2D eigenvalue weighted by Gasteiger charge is 2.43. The number of carbonyl (C=O) groups is 1. The third kappa shape index (κ3) is 1.03. The Morgan fingerprint density at radius 2 is 2.09 bits per heavy atom. The number of nitrogens with one attached hydrogen (secondary N) is 1. The van der Waals surface area contributed by atoms with Crippen LogP contribution in [0, 0.1) is 0 Å². The molecular weight excluding hydrogens is 142 g/mol. The van der Waals surface area contributed by atoms with Gasteiger partial charge in [0, 0.05) is 6.54 Å². The number of morpholine rings is 1. The highest BCUT2D eigenvalue weighted by molar-refractivity contribution is 5.81. The van der Waals surface area contributed by atoms with Crippen LogP contribution in [0.4, 0.5) is 0 Å². The molecule has 1 saturated heterocycles. The van der Waals surface area contributed by atoms with Gasteiger partial charge in [-0.1, -0.05) is 12.8 Å². The summed E-state index contributed by atoms with van der Waals surface area (Å²) in [6.45, 7) is 1.37. The Bertz CT molecular complexity index is 173. The van der Waals surface area contributed by atoms with Gasteiger partial charge in [-0.25, -0.2) is 0 Å². The Morgan fingerprint density at radius 3 is 2.73 bits per heavy atom. The lowest BCUT2D eigenvalue weighted by atomic mass is 9.97. The maximum absolute atomic E-state index is 11.3. The first-order valence-electron chi connectivity index (χ1n) is 4.26. The number of hydrogen-bond donors (Lipinski definition) is 1. The van der Waals surface area contributed by atoms with Crippen LogP contribution >= 0.6 is 0 Å². The van der Waals surface area contributed by atoms with Gasteiger partial charge in [0.2, 0.25) is 0 Å². The average Bonchev–Trinajstić information content (AvgIpc) is 2.46. The van der Waals surface area contributed by atoms with Crippen LogP contribution in [0.15, 0.2) is 0 Å². The van der Waals surface area contributed by atoms with E-state index in [0.29, 0.717) is 6.61 Å². The summed E-state index contributed by atoms with van der Waals surface area (Å²) in [5.41, 5.74) is -0.280. The van der Waals surface area contributed by atoms with E-state index >= 15 is 0 Å². The molecule has 1 saturated carbocycles. The highest BCUT2D eigenvalue weighted by Crippen LogP contribution is 2.31. The molecule has 1 aliphatic carbocycles. The van der Waals surface area contributed by atoms with Gasteiger partial charge < -0.3 is 4.74 Å². The number of ether oxygens (including phenoxy) is 1. The molecule has 1 N–H and O–H groups in total. The molecule has 1 aliphatic heterocycles. The van der Waals surface area contributed by atoms with Crippen molar-refractivity contribution in [3.8, 4) is 0 Å². The van der Waals surface area contributed by atoms with Gasteiger partial charge in [0.25, 0.3) is 0 Å². The average molecular weight is 155 g/mol. The fraction of sp³-hybridized carbons (Fsp3) is 0.875. The highest BCUT2D eigenvalue weighted by atomic mass is 16.5. The van der Waals surface area contributed by atoms with E-state index in [2.05, 4.69) is 5.32 Å². The van der Waals surface area contributed by atoms with E-state index in [4.69, 9.17) is 4.74 Å². The molecule has 3 heteroatoms. The Balaban J connectivity index is 2.13. The number of rotatable bonds is 0. The van der Waals surface area contributed by atoms with Gasteiger partial charge in [-0.05, 0) is 12.8 Å². The molecule has 0 bridgehead atoms. The van der Waals surface area contributed by atoms with Crippen molar-refractivity contribution in [3.63, 3.8) is 0 Å². The van der Waals surface area contributed by atoms with Crippen molar-refractivity contribution in [3.05, 3.63) is 0 Å². The van der Waals surface area contributed by atoms with Crippen LogP contribution in [0.5, 0.6) is 0 Å². The van der Waals surface area contributed by atoms with E-state index in [9.17, 15) is 4.79 Å². The Hall–Kier alpha value is -0.570. The minimum absolute atomic E-state index is 0.0266. The van der Waals surface area contributed by atoms with Crippen LogP contribution in [0.25, 0.3) is 0 Å². The minimum atomic E-state index is -0.280. The lowest BCUT2D eigenvalue weighted by Gasteiger charge is -2.32. The number of cyclic esters (lactones) is 1. The molecule has 0 radical (unpaired) electrons. The fourth-order valence-electron chi connectivity index (χ4n) is 2.00. The second-order valence-electron chi connectivity index (χ2n) is 3.35. The van der Waals surface area contributed by atoms with E-state index in [1.807, 2.05) is 0 Å². The molecule has 0 aromatic rings. The van der Waals surface area contributed by atoms with Crippen LogP contribution in [-0.4, -0.2) is 24.7 Å². The summed E-state index contributed by atoms with van der Waals surface area (Å²) in [6.07, 6.45) is 4.24. The van der Waals surface area contributed by atoms with Crippen LogP contribution in [-0.2, 0) is 9.53 Å². The van der Waals surface area contributed by atoms with Gasteiger partial charge in [-0.15, -0.1) is 0 Å². The van der Waals surface area contributed by atoms with E-state index in [0.717, 1.165) is 32.2 Å². The third-order valence-electron chi connectivity index (χ3n) is 2.65.